The van der Waals surface area contributed by atoms with Gasteiger partial charge in [0, 0.05) is 17.8 Å². The Kier molecular flexibility index (Phi) is 3.94. The molecule has 0 aliphatic carbocycles. The number of aliphatic hydroxyl groups is 1. The zero-order valence-corrected chi connectivity index (χ0v) is 10.5. The molecule has 0 radical (unpaired) electrons. The smallest absolute Gasteiger partial charge is 0.382 e. The summed E-state index contributed by atoms with van der Waals surface area (Å²) in [6, 6.07) is 5.82. The molecule has 0 fully saturated rings. The average Bonchev–Trinajstić information content (AvgIpc) is 2.86. The van der Waals surface area contributed by atoms with Gasteiger partial charge in [-0.2, -0.15) is 18.3 Å². The fourth-order valence-electron chi connectivity index (χ4n) is 1.76. The normalized spacial score (nSPS) is 13.1. The number of nitro benzene ring substituents is 1. The van der Waals surface area contributed by atoms with Crippen molar-refractivity contribution in [3.05, 3.63) is 46.8 Å². The van der Waals surface area contributed by atoms with Gasteiger partial charge in [0.05, 0.1) is 23.2 Å². The molecule has 0 spiro atoms. The van der Waals surface area contributed by atoms with Gasteiger partial charge in [-0.05, 0) is 6.07 Å². The number of benzene rings is 1. The molecular formula is C12H10F3N3O3. The first-order chi connectivity index (χ1) is 9.79. The second-order valence-corrected chi connectivity index (χ2v) is 4.28. The van der Waals surface area contributed by atoms with Gasteiger partial charge >= 0.3 is 6.18 Å². The highest BCUT2D eigenvalue weighted by Gasteiger charge is 2.38. The summed E-state index contributed by atoms with van der Waals surface area (Å²) >= 11 is 0. The van der Waals surface area contributed by atoms with E-state index in [2.05, 4.69) is 5.10 Å². The van der Waals surface area contributed by atoms with E-state index < -0.39 is 23.7 Å². The molecular weight excluding hydrogens is 291 g/mol. The van der Waals surface area contributed by atoms with E-state index in [-0.39, 0.29) is 11.3 Å². The molecule has 2 rings (SSSR count). The number of aromatic nitrogens is 2. The lowest BCUT2D eigenvalue weighted by Gasteiger charge is -2.13. The lowest BCUT2D eigenvalue weighted by molar-refractivity contribution is -0.384. The quantitative estimate of drug-likeness (QED) is 0.694. The zero-order valence-electron chi connectivity index (χ0n) is 10.5. The van der Waals surface area contributed by atoms with E-state index >= 15 is 0 Å². The number of halogens is 3. The van der Waals surface area contributed by atoms with Gasteiger partial charge in [-0.25, -0.2) is 0 Å². The van der Waals surface area contributed by atoms with Gasteiger partial charge in [0.1, 0.15) is 0 Å². The number of nitrogens with zero attached hydrogens (tertiary/aromatic N) is 3. The van der Waals surface area contributed by atoms with Gasteiger partial charge in [0.25, 0.3) is 5.69 Å². The van der Waals surface area contributed by atoms with Gasteiger partial charge in [0.15, 0.2) is 6.10 Å². The molecule has 1 aromatic heterocycles. The predicted molar refractivity (Wildman–Crippen MR) is 66.4 cm³/mol. The average molecular weight is 301 g/mol. The summed E-state index contributed by atoms with van der Waals surface area (Å²) in [4.78, 5) is 10.3. The van der Waals surface area contributed by atoms with Crippen LogP contribution in [0.5, 0.6) is 0 Å². The molecule has 0 aliphatic rings. The first-order valence-corrected chi connectivity index (χ1v) is 5.80. The summed E-state index contributed by atoms with van der Waals surface area (Å²) in [5.74, 6) is 0. The maximum absolute atomic E-state index is 12.3. The molecule has 0 bridgehead atoms. The number of rotatable bonds is 4. The fourth-order valence-corrected chi connectivity index (χ4v) is 1.76. The van der Waals surface area contributed by atoms with Crippen LogP contribution < -0.4 is 0 Å². The molecule has 0 aliphatic heterocycles. The molecule has 1 heterocycles. The van der Waals surface area contributed by atoms with Crippen molar-refractivity contribution < 1.29 is 23.2 Å². The van der Waals surface area contributed by atoms with Crippen molar-refractivity contribution in [1.29, 1.82) is 0 Å². The lowest BCUT2D eigenvalue weighted by Crippen LogP contribution is -2.32. The van der Waals surface area contributed by atoms with E-state index in [1.807, 2.05) is 0 Å². The minimum absolute atomic E-state index is 0.173. The Morgan fingerprint density at radius 2 is 2.05 bits per heavy atom. The third-order valence-corrected chi connectivity index (χ3v) is 2.78. The Balaban J connectivity index is 2.27. The van der Waals surface area contributed by atoms with Crippen LogP contribution in [0.4, 0.5) is 18.9 Å². The largest absolute Gasteiger partial charge is 0.416 e. The lowest BCUT2D eigenvalue weighted by atomic mass is 10.1. The maximum Gasteiger partial charge on any atom is 0.416 e. The highest BCUT2D eigenvalue weighted by Crippen LogP contribution is 2.29. The zero-order chi connectivity index (χ0) is 15.6. The van der Waals surface area contributed by atoms with Crippen molar-refractivity contribution in [3.63, 3.8) is 0 Å². The van der Waals surface area contributed by atoms with Gasteiger partial charge in [-0.15, -0.1) is 0 Å². The second-order valence-electron chi connectivity index (χ2n) is 4.28. The fraction of sp³-hybridized carbons (Fsp3) is 0.250. The summed E-state index contributed by atoms with van der Waals surface area (Å²) < 4.78 is 37.7. The molecule has 0 saturated heterocycles. The van der Waals surface area contributed by atoms with Crippen LogP contribution in [-0.4, -0.2) is 32.1 Å². The Labute approximate surface area is 116 Å². The summed E-state index contributed by atoms with van der Waals surface area (Å²) in [6.45, 7) is -0.774. The maximum atomic E-state index is 12.3. The Morgan fingerprint density at radius 1 is 1.38 bits per heavy atom. The summed E-state index contributed by atoms with van der Waals surface area (Å²) in [5.41, 5.74) is 0.375. The van der Waals surface area contributed by atoms with Crippen LogP contribution in [0.25, 0.3) is 11.1 Å². The van der Waals surface area contributed by atoms with E-state index in [0.29, 0.717) is 5.56 Å². The van der Waals surface area contributed by atoms with Gasteiger partial charge < -0.3 is 5.11 Å². The Bertz CT molecular complexity index is 654. The highest BCUT2D eigenvalue weighted by atomic mass is 19.4. The first kappa shape index (κ1) is 15.0. The monoisotopic (exact) mass is 301 g/mol. The first-order valence-electron chi connectivity index (χ1n) is 5.80. The molecule has 0 unspecified atom stereocenters. The van der Waals surface area contributed by atoms with Gasteiger partial charge in [-0.3, -0.25) is 14.8 Å². The molecule has 9 heteroatoms. The van der Waals surface area contributed by atoms with Crippen LogP contribution in [-0.2, 0) is 6.54 Å². The van der Waals surface area contributed by atoms with E-state index in [1.54, 1.807) is 6.07 Å². The number of aliphatic hydroxyl groups excluding tert-OH is 1. The molecule has 0 saturated carbocycles. The van der Waals surface area contributed by atoms with Crippen LogP contribution in [0.1, 0.15) is 0 Å². The van der Waals surface area contributed by atoms with Crippen LogP contribution >= 0.6 is 0 Å². The molecule has 6 nitrogen and oxygen atoms in total. The predicted octanol–water partition coefficient (Wildman–Crippen LogP) is 2.38. The van der Waals surface area contributed by atoms with Crippen molar-refractivity contribution in [2.24, 2.45) is 0 Å². The number of para-hydroxylation sites is 1. The highest BCUT2D eigenvalue weighted by molar-refractivity contribution is 5.72. The SMILES string of the molecule is O=[N+]([O-])c1ccccc1-c1cnn(C[C@H](O)C(F)(F)F)c1. The second kappa shape index (κ2) is 5.52. The molecule has 112 valence electrons. The summed E-state index contributed by atoms with van der Waals surface area (Å²) in [6.07, 6.45) is -4.86. The van der Waals surface area contributed by atoms with Crippen molar-refractivity contribution >= 4 is 5.69 Å². The van der Waals surface area contributed by atoms with Crippen LogP contribution in [0, 0.1) is 10.1 Å². The third-order valence-electron chi connectivity index (χ3n) is 2.78. The van der Waals surface area contributed by atoms with Crippen LogP contribution in [0.15, 0.2) is 36.7 Å². The minimum Gasteiger partial charge on any atom is -0.382 e. The third kappa shape index (κ3) is 3.37. The standard InChI is InChI=1S/C12H10F3N3O3/c13-12(14,15)11(19)7-17-6-8(5-16-17)9-3-1-2-4-10(9)18(20)21/h1-6,11,19H,7H2/t11-/m0/s1. The molecule has 1 aromatic carbocycles. The minimum atomic E-state index is -4.75. The van der Waals surface area contributed by atoms with E-state index in [4.69, 9.17) is 5.11 Å². The number of nitro groups is 1. The van der Waals surface area contributed by atoms with Crippen molar-refractivity contribution in [2.75, 3.05) is 0 Å². The molecule has 1 N–H and O–H groups in total. The Morgan fingerprint density at radius 3 is 2.67 bits per heavy atom. The number of hydrogen-bond donors (Lipinski definition) is 1. The van der Waals surface area contributed by atoms with Gasteiger partial charge in [0.2, 0.25) is 0 Å². The van der Waals surface area contributed by atoms with Crippen molar-refractivity contribution in [2.45, 2.75) is 18.8 Å². The van der Waals surface area contributed by atoms with Crippen LogP contribution in [0.3, 0.4) is 0 Å². The van der Waals surface area contributed by atoms with E-state index in [9.17, 15) is 23.3 Å². The molecule has 2 aromatic rings. The van der Waals surface area contributed by atoms with Gasteiger partial charge in [-0.1, -0.05) is 12.1 Å². The van der Waals surface area contributed by atoms with Crippen molar-refractivity contribution in [3.8, 4) is 11.1 Å². The number of hydrogen-bond acceptors (Lipinski definition) is 4. The summed E-state index contributed by atoms with van der Waals surface area (Å²) in [7, 11) is 0. The Hall–Kier alpha value is -2.42. The summed E-state index contributed by atoms with van der Waals surface area (Å²) in [5, 5.41) is 23.5. The number of alkyl halides is 3. The molecule has 21 heavy (non-hydrogen) atoms. The molecule has 0 amide bonds. The van der Waals surface area contributed by atoms with Crippen LogP contribution in [0.2, 0.25) is 0 Å². The molecule has 1 atom stereocenters. The van der Waals surface area contributed by atoms with Crippen molar-refractivity contribution in [1.82, 2.24) is 9.78 Å². The van der Waals surface area contributed by atoms with E-state index in [0.717, 1.165) is 4.68 Å². The van der Waals surface area contributed by atoms with E-state index in [1.165, 1.54) is 30.6 Å². The topological polar surface area (TPSA) is 81.2 Å².